The summed E-state index contributed by atoms with van der Waals surface area (Å²) < 4.78 is 1.66. The second-order valence-corrected chi connectivity index (χ2v) is 10.7. The lowest BCUT2D eigenvalue weighted by atomic mass is 9.93. The van der Waals surface area contributed by atoms with Gasteiger partial charge in [0.05, 0.1) is 6.54 Å². The number of fused-ring (bicyclic) bond motifs is 1. The van der Waals surface area contributed by atoms with Gasteiger partial charge in [0.1, 0.15) is 11.3 Å². The number of benzene rings is 2. The van der Waals surface area contributed by atoms with E-state index in [9.17, 15) is 9.59 Å². The number of anilines is 2. The molecule has 0 fully saturated rings. The Labute approximate surface area is 242 Å². The number of rotatable bonds is 8. The standard InChI is InChI=1S/C34H39N5O2/c1-6-7-20-39-32-28(17-11-19-36-32)29(25-14-8-12-24(21-25)13-10-18-35)31(33(39)40)38-34(41)37-30-26(22(2)3)15-9-16-27(30)23(4)5/h8-9,11-12,14-17,19,21-23H,6-7,18,20,35H2,1-5H3,(H2,37,38,41). The molecule has 2 amide bonds. The number of aromatic nitrogens is 2. The van der Waals surface area contributed by atoms with E-state index >= 15 is 0 Å². The topological polar surface area (TPSA) is 102 Å². The van der Waals surface area contributed by atoms with Crippen LogP contribution in [0.15, 0.2) is 65.6 Å². The fourth-order valence-corrected chi connectivity index (χ4v) is 5.08. The molecule has 0 saturated carbocycles. The number of pyridine rings is 2. The van der Waals surface area contributed by atoms with Gasteiger partial charge in [0.15, 0.2) is 0 Å². The summed E-state index contributed by atoms with van der Waals surface area (Å²) in [5.41, 5.74) is 11.1. The average Bonchev–Trinajstić information content (AvgIpc) is 2.96. The zero-order valence-electron chi connectivity index (χ0n) is 24.5. The molecule has 7 nitrogen and oxygen atoms in total. The third-order valence-corrected chi connectivity index (χ3v) is 7.09. The number of nitrogens with zero attached hydrogens (tertiary/aromatic N) is 2. The number of hydrogen-bond donors (Lipinski definition) is 3. The van der Waals surface area contributed by atoms with E-state index in [-0.39, 0.29) is 29.6 Å². The normalized spacial score (nSPS) is 11.0. The Hall–Kier alpha value is -4.41. The maximum atomic E-state index is 14.1. The van der Waals surface area contributed by atoms with Crippen molar-refractivity contribution in [3.05, 3.63) is 87.8 Å². The highest BCUT2D eigenvalue weighted by molar-refractivity contribution is 6.07. The number of amides is 2. The Bertz CT molecular complexity index is 1650. The highest BCUT2D eigenvalue weighted by atomic mass is 16.2. The first-order valence-electron chi connectivity index (χ1n) is 14.3. The minimum Gasteiger partial charge on any atom is -0.320 e. The lowest BCUT2D eigenvalue weighted by Crippen LogP contribution is -2.30. The van der Waals surface area contributed by atoms with Crippen molar-refractivity contribution in [2.45, 2.75) is 65.8 Å². The first-order valence-corrected chi connectivity index (χ1v) is 14.3. The van der Waals surface area contributed by atoms with Crippen molar-refractivity contribution in [2.75, 3.05) is 17.2 Å². The number of unbranched alkanes of at least 4 members (excludes halogenated alkanes) is 1. The van der Waals surface area contributed by atoms with Crippen LogP contribution in [0.1, 0.15) is 76.0 Å². The number of urea groups is 1. The van der Waals surface area contributed by atoms with Gasteiger partial charge in [0.25, 0.3) is 5.56 Å². The molecule has 0 saturated heterocycles. The molecule has 4 rings (SSSR count). The highest BCUT2D eigenvalue weighted by Crippen LogP contribution is 2.35. The lowest BCUT2D eigenvalue weighted by molar-refractivity contribution is 0.262. The molecule has 0 atom stereocenters. The third kappa shape index (κ3) is 6.50. The van der Waals surface area contributed by atoms with Crippen molar-refractivity contribution in [3.8, 4) is 23.0 Å². The van der Waals surface area contributed by atoms with Crippen molar-refractivity contribution in [1.29, 1.82) is 0 Å². The van der Waals surface area contributed by atoms with Gasteiger partial charge in [-0.05, 0) is 59.2 Å². The number of carbonyl (C=O) groups excluding carboxylic acids is 1. The van der Waals surface area contributed by atoms with Crippen LogP contribution in [-0.4, -0.2) is 22.1 Å². The zero-order chi connectivity index (χ0) is 29.5. The molecular weight excluding hydrogens is 510 g/mol. The fraction of sp³-hybridized carbons (Fsp3) is 0.324. The number of aryl methyl sites for hydroxylation is 1. The Balaban J connectivity index is 1.91. The minimum absolute atomic E-state index is 0.204. The van der Waals surface area contributed by atoms with Crippen LogP contribution in [0.25, 0.3) is 22.2 Å². The summed E-state index contributed by atoms with van der Waals surface area (Å²) in [6.45, 7) is 11.2. The van der Waals surface area contributed by atoms with E-state index in [1.54, 1.807) is 10.8 Å². The quantitative estimate of drug-likeness (QED) is 0.205. The number of nitrogens with one attached hydrogen (secondary N) is 2. The van der Waals surface area contributed by atoms with E-state index in [0.29, 0.717) is 17.8 Å². The molecule has 7 heteroatoms. The number of hydrogen-bond acceptors (Lipinski definition) is 4. The minimum atomic E-state index is -0.470. The van der Waals surface area contributed by atoms with Crippen LogP contribution in [-0.2, 0) is 6.54 Å². The largest absolute Gasteiger partial charge is 0.323 e. The van der Waals surface area contributed by atoms with E-state index in [1.165, 1.54) is 0 Å². The molecule has 2 heterocycles. The van der Waals surface area contributed by atoms with Crippen LogP contribution in [0.5, 0.6) is 0 Å². The molecule has 4 N–H and O–H groups in total. The first kappa shape index (κ1) is 29.6. The van der Waals surface area contributed by atoms with Gasteiger partial charge in [-0.2, -0.15) is 0 Å². The molecule has 4 aromatic rings. The van der Waals surface area contributed by atoms with E-state index < -0.39 is 6.03 Å². The molecule has 0 aliphatic carbocycles. The number of carbonyl (C=O) groups is 1. The van der Waals surface area contributed by atoms with Crippen LogP contribution < -0.4 is 21.9 Å². The molecular formula is C34H39N5O2. The Morgan fingerprint density at radius 3 is 2.32 bits per heavy atom. The first-order chi connectivity index (χ1) is 19.8. The second kappa shape index (κ2) is 13.3. The average molecular weight is 550 g/mol. The van der Waals surface area contributed by atoms with Gasteiger partial charge < -0.3 is 16.4 Å². The molecule has 2 aromatic heterocycles. The van der Waals surface area contributed by atoms with Gasteiger partial charge in [-0.15, -0.1) is 0 Å². The van der Waals surface area contributed by atoms with Crippen LogP contribution >= 0.6 is 0 Å². The smallest absolute Gasteiger partial charge is 0.320 e. The summed E-state index contributed by atoms with van der Waals surface area (Å²) in [4.78, 5) is 32.4. The summed E-state index contributed by atoms with van der Waals surface area (Å²) in [5.74, 6) is 6.36. The molecule has 0 aliphatic heterocycles. The van der Waals surface area contributed by atoms with Crippen molar-refractivity contribution in [3.63, 3.8) is 0 Å². The van der Waals surface area contributed by atoms with Crippen LogP contribution in [0.3, 0.4) is 0 Å². The summed E-state index contributed by atoms with van der Waals surface area (Å²) in [5, 5.41) is 6.83. The molecule has 0 unspecified atom stereocenters. The Kier molecular flexibility index (Phi) is 9.59. The van der Waals surface area contributed by atoms with Crippen molar-refractivity contribution in [2.24, 2.45) is 5.73 Å². The van der Waals surface area contributed by atoms with Gasteiger partial charge in [0.2, 0.25) is 0 Å². The summed E-state index contributed by atoms with van der Waals surface area (Å²) in [7, 11) is 0. The Morgan fingerprint density at radius 2 is 1.66 bits per heavy atom. The van der Waals surface area contributed by atoms with Gasteiger partial charge in [-0.1, -0.05) is 83.2 Å². The van der Waals surface area contributed by atoms with E-state index in [4.69, 9.17) is 5.73 Å². The number of nitrogens with two attached hydrogens (primary N) is 1. The van der Waals surface area contributed by atoms with Crippen molar-refractivity contribution >= 4 is 28.4 Å². The molecule has 41 heavy (non-hydrogen) atoms. The van der Waals surface area contributed by atoms with Crippen LogP contribution in [0.4, 0.5) is 16.2 Å². The van der Waals surface area contributed by atoms with Gasteiger partial charge >= 0.3 is 6.03 Å². The molecule has 2 aromatic carbocycles. The number of para-hydroxylation sites is 1. The highest BCUT2D eigenvalue weighted by Gasteiger charge is 2.22. The SMILES string of the molecule is CCCCn1c(=O)c(NC(=O)Nc2c(C(C)C)cccc2C(C)C)c(-c2cccc(C#CCN)c2)c2cccnc21. The summed E-state index contributed by atoms with van der Waals surface area (Å²) in [6, 6.07) is 17.0. The van der Waals surface area contributed by atoms with Crippen LogP contribution in [0, 0.1) is 11.8 Å². The second-order valence-electron chi connectivity index (χ2n) is 10.7. The summed E-state index contributed by atoms with van der Waals surface area (Å²) in [6.07, 6.45) is 3.41. The maximum absolute atomic E-state index is 14.1. The molecule has 0 bridgehead atoms. The van der Waals surface area contributed by atoms with Crippen molar-refractivity contribution < 1.29 is 4.79 Å². The van der Waals surface area contributed by atoms with E-state index in [2.05, 4.69) is 62.1 Å². The van der Waals surface area contributed by atoms with Crippen molar-refractivity contribution in [1.82, 2.24) is 9.55 Å². The summed E-state index contributed by atoms with van der Waals surface area (Å²) >= 11 is 0. The lowest BCUT2D eigenvalue weighted by Gasteiger charge is -2.21. The van der Waals surface area contributed by atoms with Crippen LogP contribution in [0.2, 0.25) is 0 Å². The van der Waals surface area contributed by atoms with Gasteiger partial charge in [-0.25, -0.2) is 9.78 Å². The van der Waals surface area contributed by atoms with E-state index in [1.807, 2.05) is 54.6 Å². The predicted molar refractivity (Wildman–Crippen MR) is 170 cm³/mol. The maximum Gasteiger partial charge on any atom is 0.323 e. The monoisotopic (exact) mass is 549 g/mol. The van der Waals surface area contributed by atoms with E-state index in [0.717, 1.165) is 46.2 Å². The fourth-order valence-electron chi connectivity index (χ4n) is 5.08. The molecule has 0 aliphatic rings. The predicted octanol–water partition coefficient (Wildman–Crippen LogP) is 7.06. The molecule has 0 spiro atoms. The molecule has 0 radical (unpaired) electrons. The van der Waals surface area contributed by atoms with Gasteiger partial charge in [-0.3, -0.25) is 9.36 Å². The van der Waals surface area contributed by atoms with Gasteiger partial charge in [0, 0.05) is 34.9 Å². The molecule has 212 valence electrons. The third-order valence-electron chi connectivity index (χ3n) is 7.09. The zero-order valence-corrected chi connectivity index (χ0v) is 24.5. The Morgan fingerprint density at radius 1 is 0.976 bits per heavy atom.